The van der Waals surface area contributed by atoms with Crippen LogP contribution in [0.1, 0.15) is 16.1 Å². The Hall–Kier alpha value is -3.68. The summed E-state index contributed by atoms with van der Waals surface area (Å²) in [5.74, 6) is -0.354. The number of aryl methyl sites for hydroxylation is 1. The van der Waals surface area contributed by atoms with E-state index in [1.54, 1.807) is 29.1 Å². The number of anilines is 1. The standard InChI is InChI=1S/C18H16N4O4/c1-12-8-9-19-21(12)15-5-3-4-14(11-15)20-18(23)13-6-7-17(26-2)16(10-13)22(24)25/h3-11H,1-2H3,(H,20,23). The van der Waals surface area contributed by atoms with Gasteiger partial charge in [-0.3, -0.25) is 14.9 Å². The highest BCUT2D eigenvalue weighted by molar-refractivity contribution is 6.05. The zero-order chi connectivity index (χ0) is 18.7. The zero-order valence-electron chi connectivity index (χ0n) is 14.2. The third kappa shape index (κ3) is 3.39. The quantitative estimate of drug-likeness (QED) is 0.561. The number of hydrogen-bond donors (Lipinski definition) is 1. The third-order valence-electron chi connectivity index (χ3n) is 3.82. The minimum Gasteiger partial charge on any atom is -0.490 e. The number of nitrogens with zero attached hydrogens (tertiary/aromatic N) is 3. The summed E-state index contributed by atoms with van der Waals surface area (Å²) >= 11 is 0. The van der Waals surface area contributed by atoms with Crippen molar-refractivity contribution in [1.29, 1.82) is 0 Å². The minimum absolute atomic E-state index is 0.0997. The molecule has 3 rings (SSSR count). The molecule has 0 radical (unpaired) electrons. The lowest BCUT2D eigenvalue weighted by Crippen LogP contribution is -2.12. The Labute approximate surface area is 149 Å². The maximum Gasteiger partial charge on any atom is 0.311 e. The summed E-state index contributed by atoms with van der Waals surface area (Å²) in [4.78, 5) is 23.0. The van der Waals surface area contributed by atoms with Crippen LogP contribution in [-0.2, 0) is 0 Å². The van der Waals surface area contributed by atoms with Gasteiger partial charge in [0.05, 0.1) is 17.7 Å². The molecule has 0 saturated heterocycles. The van der Waals surface area contributed by atoms with E-state index in [1.165, 1.54) is 25.3 Å². The van der Waals surface area contributed by atoms with Crippen LogP contribution in [0.15, 0.2) is 54.7 Å². The Balaban J connectivity index is 1.86. The number of nitro groups is 1. The van der Waals surface area contributed by atoms with Crippen LogP contribution < -0.4 is 10.1 Å². The van der Waals surface area contributed by atoms with E-state index < -0.39 is 10.8 Å². The van der Waals surface area contributed by atoms with Gasteiger partial charge < -0.3 is 10.1 Å². The predicted molar refractivity (Wildman–Crippen MR) is 95.9 cm³/mol. The number of methoxy groups -OCH3 is 1. The first-order valence-corrected chi connectivity index (χ1v) is 7.74. The second-order valence-electron chi connectivity index (χ2n) is 5.53. The largest absolute Gasteiger partial charge is 0.490 e. The third-order valence-corrected chi connectivity index (χ3v) is 3.82. The zero-order valence-corrected chi connectivity index (χ0v) is 14.2. The summed E-state index contributed by atoms with van der Waals surface area (Å²) < 4.78 is 6.69. The summed E-state index contributed by atoms with van der Waals surface area (Å²) in [6.07, 6.45) is 1.69. The first-order valence-electron chi connectivity index (χ1n) is 7.74. The molecule has 0 aliphatic carbocycles. The molecule has 0 atom stereocenters. The fourth-order valence-electron chi connectivity index (χ4n) is 2.53. The van der Waals surface area contributed by atoms with Gasteiger partial charge in [-0.1, -0.05) is 6.07 Å². The number of nitro benzene ring substituents is 1. The highest BCUT2D eigenvalue weighted by Crippen LogP contribution is 2.28. The number of amides is 1. The Kier molecular flexibility index (Phi) is 4.66. The van der Waals surface area contributed by atoms with Crippen LogP contribution in [0.4, 0.5) is 11.4 Å². The lowest BCUT2D eigenvalue weighted by Gasteiger charge is -2.09. The number of hydrogen-bond acceptors (Lipinski definition) is 5. The lowest BCUT2D eigenvalue weighted by molar-refractivity contribution is -0.385. The van der Waals surface area contributed by atoms with Crippen molar-refractivity contribution in [2.45, 2.75) is 6.92 Å². The van der Waals surface area contributed by atoms with E-state index in [-0.39, 0.29) is 17.0 Å². The van der Waals surface area contributed by atoms with Gasteiger partial charge in [0.25, 0.3) is 5.91 Å². The molecule has 3 aromatic rings. The first-order chi connectivity index (χ1) is 12.5. The average Bonchev–Trinajstić information content (AvgIpc) is 3.07. The average molecular weight is 352 g/mol. The maximum atomic E-state index is 12.5. The topological polar surface area (TPSA) is 99.3 Å². The van der Waals surface area contributed by atoms with Crippen molar-refractivity contribution >= 4 is 17.3 Å². The van der Waals surface area contributed by atoms with E-state index in [9.17, 15) is 14.9 Å². The Morgan fingerprint density at radius 3 is 2.69 bits per heavy atom. The molecule has 0 saturated carbocycles. The summed E-state index contributed by atoms with van der Waals surface area (Å²) in [6, 6.07) is 13.1. The minimum atomic E-state index is -0.587. The van der Waals surface area contributed by atoms with Crippen LogP contribution in [0.3, 0.4) is 0 Å². The molecular formula is C18H16N4O4. The molecule has 1 aromatic heterocycles. The van der Waals surface area contributed by atoms with Crippen molar-refractivity contribution in [3.8, 4) is 11.4 Å². The van der Waals surface area contributed by atoms with Crippen molar-refractivity contribution in [3.63, 3.8) is 0 Å². The highest BCUT2D eigenvalue weighted by Gasteiger charge is 2.18. The lowest BCUT2D eigenvalue weighted by atomic mass is 10.1. The summed E-state index contributed by atoms with van der Waals surface area (Å²) in [6.45, 7) is 1.93. The molecule has 26 heavy (non-hydrogen) atoms. The molecule has 0 bridgehead atoms. The van der Waals surface area contributed by atoms with Gasteiger partial charge in [-0.05, 0) is 43.3 Å². The van der Waals surface area contributed by atoms with E-state index in [0.29, 0.717) is 5.69 Å². The molecule has 0 aliphatic rings. The smallest absolute Gasteiger partial charge is 0.311 e. The van der Waals surface area contributed by atoms with Gasteiger partial charge in [0.2, 0.25) is 0 Å². The molecule has 132 valence electrons. The number of benzene rings is 2. The molecule has 8 nitrogen and oxygen atoms in total. The molecule has 1 N–H and O–H groups in total. The molecule has 8 heteroatoms. The number of aromatic nitrogens is 2. The summed E-state index contributed by atoms with van der Waals surface area (Å²) in [7, 11) is 1.34. The molecular weight excluding hydrogens is 336 g/mol. The van der Waals surface area contributed by atoms with Crippen LogP contribution in [0.2, 0.25) is 0 Å². The molecule has 0 fully saturated rings. The van der Waals surface area contributed by atoms with Crippen molar-refractivity contribution in [2.24, 2.45) is 0 Å². The van der Waals surface area contributed by atoms with Crippen LogP contribution in [0.25, 0.3) is 5.69 Å². The fourth-order valence-corrected chi connectivity index (χ4v) is 2.53. The van der Waals surface area contributed by atoms with E-state index >= 15 is 0 Å². The normalized spacial score (nSPS) is 10.4. The summed E-state index contributed by atoms with van der Waals surface area (Å²) in [5, 5.41) is 18.1. The Bertz CT molecular complexity index is 981. The van der Waals surface area contributed by atoms with Gasteiger partial charge in [-0.25, -0.2) is 4.68 Å². The van der Waals surface area contributed by atoms with Crippen LogP contribution >= 0.6 is 0 Å². The second-order valence-corrected chi connectivity index (χ2v) is 5.53. The molecule has 1 amide bonds. The van der Waals surface area contributed by atoms with Crippen LogP contribution in [0, 0.1) is 17.0 Å². The van der Waals surface area contributed by atoms with E-state index in [1.807, 2.05) is 19.1 Å². The van der Waals surface area contributed by atoms with Crippen LogP contribution in [-0.4, -0.2) is 27.7 Å². The second kappa shape index (κ2) is 7.06. The molecule has 0 aliphatic heterocycles. The summed E-state index contributed by atoms with van der Waals surface area (Å²) in [5.41, 5.74) is 2.21. The highest BCUT2D eigenvalue weighted by atomic mass is 16.6. The van der Waals surface area contributed by atoms with Gasteiger partial charge in [0.1, 0.15) is 0 Å². The monoisotopic (exact) mass is 352 g/mol. The predicted octanol–water partition coefficient (Wildman–Crippen LogP) is 3.35. The fraction of sp³-hybridized carbons (Fsp3) is 0.111. The van der Waals surface area contributed by atoms with Gasteiger partial charge in [0.15, 0.2) is 5.75 Å². The molecule has 0 spiro atoms. The van der Waals surface area contributed by atoms with Crippen LogP contribution in [0.5, 0.6) is 5.75 Å². The van der Waals surface area contributed by atoms with Crippen molar-refractivity contribution < 1.29 is 14.5 Å². The van der Waals surface area contributed by atoms with E-state index in [4.69, 9.17) is 4.74 Å². The number of ether oxygens (including phenoxy) is 1. The van der Waals surface area contributed by atoms with Crippen molar-refractivity contribution in [1.82, 2.24) is 9.78 Å². The van der Waals surface area contributed by atoms with Gasteiger partial charge in [0, 0.05) is 29.2 Å². The van der Waals surface area contributed by atoms with E-state index in [0.717, 1.165) is 11.4 Å². The number of nitrogens with one attached hydrogen (secondary N) is 1. The Morgan fingerprint density at radius 1 is 1.23 bits per heavy atom. The number of carbonyl (C=O) groups is 1. The maximum absolute atomic E-state index is 12.5. The molecule has 1 heterocycles. The first kappa shape index (κ1) is 17.2. The van der Waals surface area contributed by atoms with Gasteiger partial charge >= 0.3 is 5.69 Å². The van der Waals surface area contributed by atoms with Crippen molar-refractivity contribution in [2.75, 3.05) is 12.4 Å². The van der Waals surface area contributed by atoms with Gasteiger partial charge in [-0.2, -0.15) is 5.10 Å². The Morgan fingerprint density at radius 2 is 2.04 bits per heavy atom. The molecule has 0 unspecified atom stereocenters. The molecule has 2 aromatic carbocycles. The van der Waals surface area contributed by atoms with Crippen molar-refractivity contribution in [3.05, 3.63) is 76.1 Å². The van der Waals surface area contributed by atoms with Gasteiger partial charge in [-0.15, -0.1) is 0 Å². The number of carbonyl (C=O) groups excluding carboxylic acids is 1. The number of rotatable bonds is 5. The SMILES string of the molecule is COc1ccc(C(=O)Nc2cccc(-n3nccc3C)c2)cc1[N+](=O)[O-]. The van der Waals surface area contributed by atoms with E-state index in [2.05, 4.69) is 10.4 Å².